The fourth-order valence-corrected chi connectivity index (χ4v) is 3.67. The van der Waals surface area contributed by atoms with Gasteiger partial charge in [0.1, 0.15) is 0 Å². The van der Waals surface area contributed by atoms with Crippen molar-refractivity contribution in [3.05, 3.63) is 29.3 Å². The lowest BCUT2D eigenvalue weighted by Crippen LogP contribution is -2.41. The molecule has 0 amide bonds. The maximum absolute atomic E-state index is 3.58. The monoisotopic (exact) mass is 274 g/mol. The first-order valence-corrected chi connectivity index (χ1v) is 8.05. The summed E-state index contributed by atoms with van der Waals surface area (Å²) in [6, 6.07) is 6.87. The van der Waals surface area contributed by atoms with E-state index in [1.54, 1.807) is 0 Å². The number of nitrogens with one attached hydrogen (secondary N) is 1. The highest BCUT2D eigenvalue weighted by atomic mass is 15.1. The number of nitrogens with zero attached hydrogens (tertiary/aromatic N) is 1. The van der Waals surface area contributed by atoms with Gasteiger partial charge in [-0.05, 0) is 56.5 Å². The van der Waals surface area contributed by atoms with E-state index in [9.17, 15) is 0 Å². The summed E-state index contributed by atoms with van der Waals surface area (Å²) in [5.41, 5.74) is 4.56. The van der Waals surface area contributed by atoms with Crippen molar-refractivity contribution < 1.29 is 0 Å². The topological polar surface area (TPSA) is 15.3 Å². The summed E-state index contributed by atoms with van der Waals surface area (Å²) in [5.74, 6) is 0. The number of hydrogen-bond acceptors (Lipinski definition) is 2. The Balaban J connectivity index is 2.09. The molecule has 1 aromatic carbocycles. The molecule has 2 nitrogen and oxygen atoms in total. The van der Waals surface area contributed by atoms with E-state index >= 15 is 0 Å². The molecule has 0 aromatic heterocycles. The van der Waals surface area contributed by atoms with Crippen LogP contribution in [0.4, 0.5) is 5.69 Å². The number of hydrogen-bond donors (Lipinski definition) is 1. The van der Waals surface area contributed by atoms with Crippen LogP contribution in [0.25, 0.3) is 0 Å². The first-order valence-electron chi connectivity index (χ1n) is 8.05. The van der Waals surface area contributed by atoms with Crippen LogP contribution in [0.5, 0.6) is 0 Å². The summed E-state index contributed by atoms with van der Waals surface area (Å²) in [6.07, 6.45) is 5.53. The number of rotatable bonds is 6. The molecule has 0 atom stereocenters. The van der Waals surface area contributed by atoms with Gasteiger partial charge in [-0.1, -0.05) is 25.8 Å². The van der Waals surface area contributed by atoms with Crippen LogP contribution in [0.2, 0.25) is 0 Å². The Hall–Kier alpha value is -1.02. The molecular weight excluding hydrogens is 244 g/mol. The van der Waals surface area contributed by atoms with Crippen LogP contribution in [0, 0.1) is 19.3 Å². The number of aryl methyl sites for hydroxylation is 2. The second-order valence-corrected chi connectivity index (χ2v) is 6.69. The van der Waals surface area contributed by atoms with Gasteiger partial charge in [-0.25, -0.2) is 0 Å². The van der Waals surface area contributed by atoms with Gasteiger partial charge in [0.2, 0.25) is 0 Å². The molecule has 0 aliphatic heterocycles. The number of benzene rings is 1. The molecule has 1 saturated carbocycles. The molecule has 0 saturated heterocycles. The Morgan fingerprint density at radius 2 is 1.70 bits per heavy atom. The van der Waals surface area contributed by atoms with E-state index in [1.165, 1.54) is 55.6 Å². The smallest absolute Gasteiger partial charge is 0.0369 e. The number of anilines is 1. The van der Waals surface area contributed by atoms with Crippen LogP contribution >= 0.6 is 0 Å². The van der Waals surface area contributed by atoms with Gasteiger partial charge in [-0.15, -0.1) is 0 Å². The maximum Gasteiger partial charge on any atom is 0.0369 e. The van der Waals surface area contributed by atoms with Crippen LogP contribution in [-0.4, -0.2) is 26.7 Å². The van der Waals surface area contributed by atoms with Crippen LogP contribution < -0.4 is 10.2 Å². The van der Waals surface area contributed by atoms with Gasteiger partial charge < -0.3 is 10.2 Å². The molecule has 0 spiro atoms. The van der Waals surface area contributed by atoms with E-state index in [-0.39, 0.29) is 0 Å². The van der Waals surface area contributed by atoms with Gasteiger partial charge in [0.05, 0.1) is 0 Å². The predicted molar refractivity (Wildman–Crippen MR) is 88.6 cm³/mol. The van der Waals surface area contributed by atoms with E-state index in [0.29, 0.717) is 5.41 Å². The largest absolute Gasteiger partial charge is 0.374 e. The SMILES string of the molecule is CCNCC1(CN(C)c2cc(C)cc(C)c2)CCCC1. The summed E-state index contributed by atoms with van der Waals surface area (Å²) in [6.45, 7) is 10.00. The van der Waals surface area contributed by atoms with E-state index < -0.39 is 0 Å². The van der Waals surface area contributed by atoms with Crippen molar-refractivity contribution in [2.24, 2.45) is 5.41 Å². The third kappa shape index (κ3) is 3.76. The minimum Gasteiger partial charge on any atom is -0.374 e. The van der Waals surface area contributed by atoms with Crippen molar-refractivity contribution in [1.82, 2.24) is 5.32 Å². The minimum absolute atomic E-state index is 0.475. The lowest BCUT2D eigenvalue weighted by molar-refractivity contribution is 0.289. The second-order valence-electron chi connectivity index (χ2n) is 6.69. The van der Waals surface area contributed by atoms with E-state index in [2.05, 4.69) is 56.2 Å². The van der Waals surface area contributed by atoms with Gasteiger partial charge >= 0.3 is 0 Å². The Labute approximate surface area is 124 Å². The van der Waals surface area contributed by atoms with E-state index in [1.807, 2.05) is 0 Å². The molecule has 2 heteroatoms. The third-order valence-corrected chi connectivity index (χ3v) is 4.63. The highest BCUT2D eigenvalue weighted by Crippen LogP contribution is 2.39. The standard InChI is InChI=1S/C18H30N2/c1-5-19-13-18(8-6-7-9-18)14-20(4)17-11-15(2)10-16(3)12-17/h10-12,19H,5-9,13-14H2,1-4H3. The van der Waals surface area contributed by atoms with Gasteiger partial charge in [-0.2, -0.15) is 0 Å². The van der Waals surface area contributed by atoms with Crippen molar-refractivity contribution in [3.8, 4) is 0 Å². The first kappa shape index (κ1) is 15.4. The van der Waals surface area contributed by atoms with Crippen molar-refractivity contribution >= 4 is 5.69 Å². The average Bonchev–Trinajstić information content (AvgIpc) is 2.84. The molecule has 0 heterocycles. The summed E-state index contributed by atoms with van der Waals surface area (Å²) < 4.78 is 0. The normalized spacial score (nSPS) is 17.4. The Kier molecular flexibility index (Phi) is 5.09. The molecule has 1 aliphatic carbocycles. The molecule has 0 bridgehead atoms. The molecule has 0 radical (unpaired) electrons. The highest BCUT2D eigenvalue weighted by molar-refractivity contribution is 5.50. The summed E-state index contributed by atoms with van der Waals surface area (Å²) in [5, 5.41) is 3.58. The van der Waals surface area contributed by atoms with Crippen LogP contribution in [0.15, 0.2) is 18.2 Å². The lowest BCUT2D eigenvalue weighted by atomic mass is 9.85. The summed E-state index contributed by atoms with van der Waals surface area (Å²) >= 11 is 0. The van der Waals surface area contributed by atoms with Gasteiger partial charge in [-0.3, -0.25) is 0 Å². The Morgan fingerprint density at radius 3 is 2.25 bits per heavy atom. The van der Waals surface area contributed by atoms with Crippen molar-refractivity contribution in [2.75, 3.05) is 31.6 Å². The maximum atomic E-state index is 3.58. The zero-order valence-electron chi connectivity index (χ0n) is 13.6. The zero-order chi connectivity index (χ0) is 14.6. The lowest BCUT2D eigenvalue weighted by Gasteiger charge is -2.35. The van der Waals surface area contributed by atoms with Crippen LogP contribution in [-0.2, 0) is 0 Å². The van der Waals surface area contributed by atoms with Crippen LogP contribution in [0.1, 0.15) is 43.7 Å². The molecule has 0 unspecified atom stereocenters. The quantitative estimate of drug-likeness (QED) is 0.846. The first-order chi connectivity index (χ1) is 9.54. The van der Waals surface area contributed by atoms with E-state index in [4.69, 9.17) is 0 Å². The summed E-state index contributed by atoms with van der Waals surface area (Å²) in [7, 11) is 2.25. The van der Waals surface area contributed by atoms with Crippen molar-refractivity contribution in [3.63, 3.8) is 0 Å². The van der Waals surface area contributed by atoms with Gasteiger partial charge in [0.15, 0.2) is 0 Å². The van der Waals surface area contributed by atoms with Crippen molar-refractivity contribution in [1.29, 1.82) is 0 Å². The van der Waals surface area contributed by atoms with Gasteiger partial charge in [0.25, 0.3) is 0 Å². The third-order valence-electron chi connectivity index (χ3n) is 4.63. The second kappa shape index (κ2) is 6.62. The zero-order valence-corrected chi connectivity index (χ0v) is 13.6. The predicted octanol–water partition coefficient (Wildman–Crippen LogP) is 3.91. The molecule has 2 rings (SSSR count). The van der Waals surface area contributed by atoms with Gasteiger partial charge in [0, 0.05) is 31.2 Å². The molecule has 20 heavy (non-hydrogen) atoms. The fraction of sp³-hybridized carbons (Fsp3) is 0.667. The molecular formula is C18H30N2. The molecule has 112 valence electrons. The van der Waals surface area contributed by atoms with Crippen LogP contribution in [0.3, 0.4) is 0 Å². The molecule has 1 aliphatic rings. The Morgan fingerprint density at radius 1 is 1.10 bits per heavy atom. The Bertz CT molecular complexity index is 413. The molecule has 1 N–H and O–H groups in total. The van der Waals surface area contributed by atoms with Crippen molar-refractivity contribution in [2.45, 2.75) is 46.5 Å². The summed E-state index contributed by atoms with van der Waals surface area (Å²) in [4.78, 5) is 2.46. The average molecular weight is 274 g/mol. The minimum atomic E-state index is 0.475. The van der Waals surface area contributed by atoms with E-state index in [0.717, 1.165) is 6.54 Å². The fourth-order valence-electron chi connectivity index (χ4n) is 3.67. The highest BCUT2D eigenvalue weighted by Gasteiger charge is 2.34. The molecule has 1 fully saturated rings. The molecule has 1 aromatic rings.